The summed E-state index contributed by atoms with van der Waals surface area (Å²) < 4.78 is 32.1. The number of rotatable bonds is 8. The van der Waals surface area contributed by atoms with Crippen LogP contribution in [0.15, 0.2) is 17.2 Å². The van der Waals surface area contributed by atoms with Crippen LogP contribution in [0.4, 0.5) is 0 Å². The lowest BCUT2D eigenvalue weighted by Gasteiger charge is -2.18. The van der Waals surface area contributed by atoms with Crippen LogP contribution in [0.5, 0.6) is 0 Å². The number of carbonyl (C=O) groups excluding carboxylic acids is 1. The van der Waals surface area contributed by atoms with Gasteiger partial charge in [-0.05, 0) is 19.4 Å². The second kappa shape index (κ2) is 7.41. The molecule has 0 radical (unpaired) electrons. The summed E-state index contributed by atoms with van der Waals surface area (Å²) in [6, 6.07) is 1.19. The maximum Gasteiger partial charge on any atom is 0.354 e. The van der Waals surface area contributed by atoms with Crippen molar-refractivity contribution >= 4 is 22.0 Å². The Kier molecular flexibility index (Phi) is 6.12. The highest BCUT2D eigenvalue weighted by molar-refractivity contribution is 7.89. The second-order valence-electron chi connectivity index (χ2n) is 4.62. The summed E-state index contributed by atoms with van der Waals surface area (Å²) in [6.45, 7) is 3.03. The van der Waals surface area contributed by atoms with E-state index in [0.29, 0.717) is 6.42 Å². The van der Waals surface area contributed by atoms with Crippen molar-refractivity contribution in [2.75, 3.05) is 19.7 Å². The Morgan fingerprint density at radius 1 is 1.36 bits per heavy atom. The number of aromatic nitrogens is 1. The zero-order chi connectivity index (χ0) is 16.9. The molecule has 0 amide bonds. The summed E-state index contributed by atoms with van der Waals surface area (Å²) in [5.74, 6) is -1.87. The molecule has 0 spiro atoms. The fourth-order valence-electron chi connectivity index (χ4n) is 1.92. The van der Waals surface area contributed by atoms with E-state index in [0.717, 1.165) is 4.31 Å². The predicted molar refractivity (Wildman–Crippen MR) is 78.1 cm³/mol. The number of hydrogen-bond acceptors (Lipinski definition) is 5. The van der Waals surface area contributed by atoms with E-state index in [4.69, 9.17) is 9.84 Å². The first kappa shape index (κ1) is 18.2. The molecule has 1 aromatic heterocycles. The first-order valence-corrected chi connectivity index (χ1v) is 8.23. The number of carbonyl (C=O) groups is 2. The van der Waals surface area contributed by atoms with Crippen LogP contribution in [0.3, 0.4) is 0 Å². The minimum Gasteiger partial charge on any atom is -0.480 e. The van der Waals surface area contributed by atoms with Crippen LogP contribution in [-0.4, -0.2) is 54.0 Å². The quantitative estimate of drug-likeness (QED) is 0.702. The van der Waals surface area contributed by atoms with Crippen molar-refractivity contribution in [3.63, 3.8) is 0 Å². The van der Waals surface area contributed by atoms with Crippen LogP contribution >= 0.6 is 0 Å². The summed E-state index contributed by atoms with van der Waals surface area (Å²) in [7, 11) is -2.46. The molecule has 1 N–H and O–H groups in total. The zero-order valence-corrected chi connectivity index (χ0v) is 13.6. The average Bonchev–Trinajstić information content (AvgIpc) is 2.81. The van der Waals surface area contributed by atoms with Crippen molar-refractivity contribution in [3.05, 3.63) is 18.0 Å². The number of nitrogens with zero attached hydrogens (tertiary/aromatic N) is 2. The first-order valence-electron chi connectivity index (χ1n) is 6.79. The van der Waals surface area contributed by atoms with E-state index >= 15 is 0 Å². The maximum atomic E-state index is 12.5. The van der Waals surface area contributed by atoms with E-state index in [1.807, 2.05) is 0 Å². The van der Waals surface area contributed by atoms with Crippen molar-refractivity contribution in [2.45, 2.75) is 25.2 Å². The lowest BCUT2D eigenvalue weighted by atomic mass is 10.4. The Morgan fingerprint density at radius 3 is 2.50 bits per heavy atom. The fourth-order valence-corrected chi connectivity index (χ4v) is 3.47. The van der Waals surface area contributed by atoms with Crippen molar-refractivity contribution in [2.24, 2.45) is 7.05 Å². The van der Waals surface area contributed by atoms with E-state index < -0.39 is 28.5 Å². The molecule has 124 valence electrons. The van der Waals surface area contributed by atoms with Gasteiger partial charge in [0.1, 0.15) is 17.1 Å². The average molecular weight is 332 g/mol. The number of aryl methyl sites for hydroxylation is 1. The number of carboxylic acids is 1. The molecular formula is C13H20N2O6S. The van der Waals surface area contributed by atoms with Gasteiger partial charge in [-0.1, -0.05) is 6.92 Å². The topological polar surface area (TPSA) is 106 Å². The third-order valence-electron chi connectivity index (χ3n) is 2.89. The molecule has 22 heavy (non-hydrogen) atoms. The number of sulfonamides is 1. The molecule has 0 aromatic carbocycles. The number of hydrogen-bond donors (Lipinski definition) is 1. The Hall–Kier alpha value is -1.87. The van der Waals surface area contributed by atoms with Crippen LogP contribution in [0, 0.1) is 0 Å². The van der Waals surface area contributed by atoms with E-state index in [1.54, 1.807) is 13.8 Å². The van der Waals surface area contributed by atoms with Crippen LogP contribution in [-0.2, 0) is 26.6 Å². The molecule has 1 aromatic rings. The number of esters is 1. The van der Waals surface area contributed by atoms with E-state index in [2.05, 4.69) is 0 Å². The summed E-state index contributed by atoms with van der Waals surface area (Å²) in [5.41, 5.74) is 0.0900. The molecule has 0 unspecified atom stereocenters. The third-order valence-corrected chi connectivity index (χ3v) is 4.70. The van der Waals surface area contributed by atoms with Crippen LogP contribution in [0.2, 0.25) is 0 Å². The molecule has 9 heteroatoms. The monoisotopic (exact) mass is 332 g/mol. The minimum atomic E-state index is -3.98. The fraction of sp³-hybridized carbons (Fsp3) is 0.538. The molecule has 0 fully saturated rings. The van der Waals surface area contributed by atoms with Gasteiger partial charge in [0.25, 0.3) is 0 Å². The summed E-state index contributed by atoms with van der Waals surface area (Å²) in [6.07, 6.45) is 1.75. The van der Waals surface area contributed by atoms with Crippen molar-refractivity contribution in [1.29, 1.82) is 0 Å². The van der Waals surface area contributed by atoms with Crippen molar-refractivity contribution in [3.8, 4) is 0 Å². The molecule has 0 saturated heterocycles. The third kappa shape index (κ3) is 4.08. The predicted octanol–water partition coefficient (Wildman–Crippen LogP) is 0.687. The summed E-state index contributed by atoms with van der Waals surface area (Å²) in [5, 5.41) is 8.85. The Labute approximate surface area is 129 Å². The van der Waals surface area contributed by atoms with Gasteiger partial charge in [-0.3, -0.25) is 4.79 Å². The number of carboxylic acid groups (broad SMARTS) is 1. The highest BCUT2D eigenvalue weighted by atomic mass is 32.2. The lowest BCUT2D eigenvalue weighted by Crippen LogP contribution is -2.36. The zero-order valence-electron chi connectivity index (χ0n) is 12.8. The molecule has 0 saturated carbocycles. The Balaban J connectivity index is 3.18. The minimum absolute atomic E-state index is 0.0816. The molecule has 8 nitrogen and oxygen atoms in total. The molecule has 0 atom stereocenters. The van der Waals surface area contributed by atoms with Crippen molar-refractivity contribution in [1.82, 2.24) is 8.87 Å². The molecule has 1 rings (SSSR count). The van der Waals surface area contributed by atoms with Gasteiger partial charge in [0, 0.05) is 19.8 Å². The van der Waals surface area contributed by atoms with Crippen LogP contribution in [0.25, 0.3) is 0 Å². The maximum absolute atomic E-state index is 12.5. The largest absolute Gasteiger partial charge is 0.480 e. The van der Waals surface area contributed by atoms with Gasteiger partial charge in [-0.25, -0.2) is 13.2 Å². The molecule has 1 heterocycles. The molecule has 0 bridgehead atoms. The van der Waals surface area contributed by atoms with E-state index in [-0.39, 0.29) is 23.7 Å². The van der Waals surface area contributed by atoms with Gasteiger partial charge in [0.2, 0.25) is 10.0 Å². The second-order valence-corrected chi connectivity index (χ2v) is 6.56. The van der Waals surface area contributed by atoms with Gasteiger partial charge in [0.05, 0.1) is 6.61 Å². The van der Waals surface area contributed by atoms with Gasteiger partial charge in [-0.15, -0.1) is 0 Å². The van der Waals surface area contributed by atoms with Gasteiger partial charge in [0.15, 0.2) is 0 Å². The molecular weight excluding hydrogens is 312 g/mol. The number of ether oxygens (including phenoxy) is 1. The number of aliphatic carboxylic acids is 1. The normalized spacial score (nSPS) is 11.6. The van der Waals surface area contributed by atoms with Crippen LogP contribution in [0.1, 0.15) is 30.8 Å². The van der Waals surface area contributed by atoms with Gasteiger partial charge in [-0.2, -0.15) is 4.31 Å². The van der Waals surface area contributed by atoms with E-state index in [9.17, 15) is 18.0 Å². The van der Waals surface area contributed by atoms with Crippen LogP contribution < -0.4 is 0 Å². The Bertz CT molecular complexity index is 649. The lowest BCUT2D eigenvalue weighted by molar-refractivity contribution is -0.137. The van der Waals surface area contributed by atoms with Gasteiger partial charge >= 0.3 is 11.9 Å². The first-order chi connectivity index (χ1) is 10.2. The molecule has 0 aliphatic heterocycles. The van der Waals surface area contributed by atoms with E-state index in [1.165, 1.54) is 23.9 Å². The highest BCUT2D eigenvalue weighted by Crippen LogP contribution is 2.19. The Morgan fingerprint density at radius 2 is 2.00 bits per heavy atom. The summed E-state index contributed by atoms with van der Waals surface area (Å²) >= 11 is 0. The standard InChI is InChI=1S/C13H20N2O6S/c1-4-6-15(9-12(16)17)22(19,20)10-7-11(14(3)8-10)13(18)21-5-2/h7-8H,4-6,9H2,1-3H3,(H,16,17). The molecule has 0 aliphatic rings. The summed E-state index contributed by atoms with van der Waals surface area (Å²) in [4.78, 5) is 22.4. The SMILES string of the molecule is CCCN(CC(=O)O)S(=O)(=O)c1cc(C(=O)OCC)n(C)c1. The highest BCUT2D eigenvalue weighted by Gasteiger charge is 2.28. The molecule has 0 aliphatic carbocycles. The van der Waals surface area contributed by atoms with Gasteiger partial charge < -0.3 is 14.4 Å². The smallest absolute Gasteiger partial charge is 0.354 e. The van der Waals surface area contributed by atoms with Crippen molar-refractivity contribution < 1.29 is 27.9 Å².